The van der Waals surface area contributed by atoms with Crippen LogP contribution in [0.25, 0.3) is 0 Å². The van der Waals surface area contributed by atoms with Crippen molar-refractivity contribution in [1.29, 1.82) is 0 Å². The minimum atomic E-state index is -0.0906. The first-order chi connectivity index (χ1) is 9.93. The van der Waals surface area contributed by atoms with Gasteiger partial charge in [0.05, 0.1) is 12.6 Å². The monoisotopic (exact) mass is 310 g/mol. The minimum absolute atomic E-state index is 0.00269. The van der Waals surface area contributed by atoms with Crippen LogP contribution in [0.3, 0.4) is 0 Å². The fourth-order valence-corrected chi connectivity index (χ4v) is 3.77. The molecule has 0 saturated carbocycles. The molecule has 0 bridgehead atoms. The van der Waals surface area contributed by atoms with Crippen molar-refractivity contribution < 1.29 is 9.53 Å². The van der Waals surface area contributed by atoms with Crippen LogP contribution in [-0.4, -0.2) is 37.1 Å². The predicted octanol–water partition coefficient (Wildman–Crippen LogP) is 2.79. The number of aryl methyl sites for hydroxylation is 1. The fourth-order valence-electron chi connectivity index (χ4n) is 2.82. The van der Waals surface area contributed by atoms with Gasteiger partial charge in [0, 0.05) is 23.4 Å². The number of hydrogen-bond acceptors (Lipinski definition) is 4. The highest BCUT2D eigenvalue weighted by atomic mass is 32.1. The fraction of sp³-hybridized carbons (Fsp3) is 0.688. The van der Waals surface area contributed by atoms with Gasteiger partial charge in [0.1, 0.15) is 6.17 Å². The number of amides is 1. The van der Waals surface area contributed by atoms with Crippen molar-refractivity contribution in [2.45, 2.75) is 39.9 Å². The molecule has 4 nitrogen and oxygen atoms in total. The molecular formula is C16H26N2O2S. The van der Waals surface area contributed by atoms with Gasteiger partial charge in [-0.1, -0.05) is 20.8 Å². The number of thiophene rings is 1. The Balaban J connectivity index is 2.20. The summed E-state index contributed by atoms with van der Waals surface area (Å²) in [7, 11) is 1.71. The number of methoxy groups -OCH3 is 1. The van der Waals surface area contributed by atoms with E-state index in [9.17, 15) is 4.79 Å². The van der Waals surface area contributed by atoms with E-state index < -0.39 is 0 Å². The first-order valence-electron chi connectivity index (χ1n) is 7.55. The van der Waals surface area contributed by atoms with Crippen molar-refractivity contribution in [2.24, 2.45) is 11.8 Å². The van der Waals surface area contributed by atoms with Crippen LogP contribution in [0.4, 0.5) is 0 Å². The lowest BCUT2D eigenvalue weighted by Gasteiger charge is -2.26. The standard InChI is InChI=1S/C16H26N2O2S/c1-10(2)14-16(19)18(8-11(3)9-20-5)15(17-14)13-7-6-12(4)21-13/h6-7,10-11,14-15,17H,8-9H2,1-5H3. The molecule has 1 aromatic rings. The third kappa shape index (κ3) is 3.65. The predicted molar refractivity (Wildman–Crippen MR) is 86.3 cm³/mol. The largest absolute Gasteiger partial charge is 0.384 e. The third-order valence-corrected chi connectivity index (χ3v) is 4.91. The van der Waals surface area contributed by atoms with Gasteiger partial charge >= 0.3 is 0 Å². The van der Waals surface area contributed by atoms with Gasteiger partial charge < -0.3 is 9.64 Å². The number of nitrogens with zero attached hydrogens (tertiary/aromatic N) is 1. The van der Waals surface area contributed by atoms with Crippen molar-refractivity contribution in [2.75, 3.05) is 20.3 Å². The maximum atomic E-state index is 12.7. The molecule has 1 amide bonds. The molecule has 1 fully saturated rings. The minimum Gasteiger partial charge on any atom is -0.384 e. The summed E-state index contributed by atoms with van der Waals surface area (Å²) >= 11 is 1.76. The second-order valence-corrected chi connectivity index (χ2v) is 7.61. The molecule has 1 N–H and O–H groups in total. The van der Waals surface area contributed by atoms with Crippen LogP contribution < -0.4 is 5.32 Å². The zero-order chi connectivity index (χ0) is 15.6. The van der Waals surface area contributed by atoms with E-state index in [1.165, 1.54) is 9.75 Å². The highest BCUT2D eigenvalue weighted by Gasteiger charge is 2.41. The maximum Gasteiger partial charge on any atom is 0.241 e. The molecule has 1 aliphatic heterocycles. The molecule has 3 atom stereocenters. The van der Waals surface area contributed by atoms with Gasteiger partial charge in [-0.2, -0.15) is 0 Å². The Morgan fingerprint density at radius 1 is 1.38 bits per heavy atom. The summed E-state index contributed by atoms with van der Waals surface area (Å²) in [6.45, 7) is 9.80. The Hall–Kier alpha value is -0.910. The number of nitrogens with one attached hydrogen (secondary N) is 1. The number of rotatable bonds is 6. The number of ether oxygens (including phenoxy) is 1. The quantitative estimate of drug-likeness (QED) is 0.878. The Kier molecular flexibility index (Phi) is 5.41. The Labute approximate surface area is 131 Å². The molecule has 1 aromatic heterocycles. The van der Waals surface area contributed by atoms with Crippen molar-refractivity contribution in [3.8, 4) is 0 Å². The van der Waals surface area contributed by atoms with Crippen LogP contribution in [0.15, 0.2) is 12.1 Å². The van der Waals surface area contributed by atoms with Gasteiger partial charge in [0.15, 0.2) is 0 Å². The second kappa shape index (κ2) is 6.90. The molecule has 3 unspecified atom stereocenters. The average molecular weight is 310 g/mol. The number of carbonyl (C=O) groups is 1. The van der Waals surface area contributed by atoms with Gasteiger partial charge in [-0.15, -0.1) is 11.3 Å². The van der Waals surface area contributed by atoms with Gasteiger partial charge in [-0.3, -0.25) is 10.1 Å². The van der Waals surface area contributed by atoms with Gasteiger partial charge in [0.2, 0.25) is 5.91 Å². The van der Waals surface area contributed by atoms with Crippen LogP contribution in [0.2, 0.25) is 0 Å². The molecule has 1 aliphatic rings. The summed E-state index contributed by atoms with van der Waals surface area (Å²) in [4.78, 5) is 17.2. The van der Waals surface area contributed by atoms with Crippen molar-refractivity contribution in [3.63, 3.8) is 0 Å². The molecular weight excluding hydrogens is 284 g/mol. The lowest BCUT2D eigenvalue weighted by atomic mass is 10.0. The first kappa shape index (κ1) is 16.5. The van der Waals surface area contributed by atoms with Gasteiger partial charge in [0.25, 0.3) is 0 Å². The van der Waals surface area contributed by atoms with Crippen molar-refractivity contribution in [3.05, 3.63) is 21.9 Å². The molecule has 2 rings (SSSR count). The van der Waals surface area contributed by atoms with E-state index in [2.05, 4.69) is 45.1 Å². The van der Waals surface area contributed by atoms with Crippen LogP contribution in [0, 0.1) is 18.8 Å². The van der Waals surface area contributed by atoms with E-state index >= 15 is 0 Å². The van der Waals surface area contributed by atoms with Crippen LogP contribution in [0.1, 0.15) is 36.7 Å². The topological polar surface area (TPSA) is 41.6 Å². The zero-order valence-corrected chi connectivity index (χ0v) is 14.4. The Morgan fingerprint density at radius 3 is 2.62 bits per heavy atom. The Morgan fingerprint density at radius 2 is 2.10 bits per heavy atom. The van der Waals surface area contributed by atoms with Gasteiger partial charge in [-0.05, 0) is 30.9 Å². The summed E-state index contributed by atoms with van der Waals surface area (Å²) in [6, 6.07) is 4.15. The van der Waals surface area contributed by atoms with E-state index in [0.717, 1.165) is 6.54 Å². The highest BCUT2D eigenvalue weighted by molar-refractivity contribution is 7.12. The zero-order valence-electron chi connectivity index (χ0n) is 13.6. The lowest BCUT2D eigenvalue weighted by Crippen LogP contribution is -2.37. The van der Waals surface area contributed by atoms with Crippen LogP contribution in [0.5, 0.6) is 0 Å². The van der Waals surface area contributed by atoms with E-state index in [0.29, 0.717) is 18.4 Å². The summed E-state index contributed by atoms with van der Waals surface area (Å²) in [5.74, 6) is 0.836. The molecule has 0 radical (unpaired) electrons. The Bertz CT molecular complexity index is 486. The normalized spacial score (nSPS) is 24.1. The highest BCUT2D eigenvalue weighted by Crippen LogP contribution is 2.32. The molecule has 0 aliphatic carbocycles. The molecule has 118 valence electrons. The van der Waals surface area contributed by atoms with E-state index in [1.54, 1.807) is 18.4 Å². The maximum absolute atomic E-state index is 12.7. The van der Waals surface area contributed by atoms with E-state index in [1.807, 2.05) is 4.90 Å². The SMILES string of the molecule is COCC(C)CN1C(=O)C(C(C)C)NC1c1ccc(C)s1. The van der Waals surface area contributed by atoms with Crippen LogP contribution in [-0.2, 0) is 9.53 Å². The molecule has 1 saturated heterocycles. The van der Waals surface area contributed by atoms with E-state index in [4.69, 9.17) is 4.74 Å². The molecule has 2 heterocycles. The molecule has 0 aromatic carbocycles. The smallest absolute Gasteiger partial charge is 0.241 e. The van der Waals surface area contributed by atoms with Crippen molar-refractivity contribution in [1.82, 2.24) is 10.2 Å². The van der Waals surface area contributed by atoms with Gasteiger partial charge in [-0.25, -0.2) is 0 Å². The summed E-state index contributed by atoms with van der Waals surface area (Å²) < 4.78 is 5.21. The van der Waals surface area contributed by atoms with E-state index in [-0.39, 0.29) is 18.1 Å². The second-order valence-electron chi connectivity index (χ2n) is 6.29. The number of carbonyl (C=O) groups excluding carboxylic acids is 1. The molecule has 21 heavy (non-hydrogen) atoms. The number of hydrogen-bond donors (Lipinski definition) is 1. The molecule has 0 spiro atoms. The molecule has 5 heteroatoms. The van der Waals surface area contributed by atoms with Crippen molar-refractivity contribution >= 4 is 17.2 Å². The average Bonchev–Trinajstić information content (AvgIpc) is 2.95. The summed E-state index contributed by atoms with van der Waals surface area (Å²) in [5.41, 5.74) is 0. The first-order valence-corrected chi connectivity index (χ1v) is 8.37. The van der Waals surface area contributed by atoms with Crippen LogP contribution >= 0.6 is 11.3 Å². The lowest BCUT2D eigenvalue weighted by molar-refractivity contribution is -0.131. The third-order valence-electron chi connectivity index (χ3n) is 3.86. The summed E-state index contributed by atoms with van der Waals surface area (Å²) in [5, 5.41) is 3.51. The summed E-state index contributed by atoms with van der Waals surface area (Å²) in [6.07, 6.45) is 0.00269.